The van der Waals surface area contributed by atoms with Crippen LogP contribution in [0.5, 0.6) is 0 Å². The molecule has 0 fully saturated rings. The molecule has 134 valence electrons. The number of hydrogen-bond acceptors (Lipinski definition) is 2. The van der Waals surface area contributed by atoms with E-state index in [0.29, 0.717) is 25.3 Å². The standard InChI is InChI=1S/C20H32N2O2/c1-14(2)16-9-11-17(12-10-16)15(3)22-18(23)8-7-13-21-19(24)20(4,5)6/h9-12,14-15H,7-8,13H2,1-6H3,(H,21,24)(H,22,23). The minimum Gasteiger partial charge on any atom is -0.356 e. The first-order valence-electron chi connectivity index (χ1n) is 8.78. The Morgan fingerprint density at radius 1 is 1.00 bits per heavy atom. The Labute approximate surface area is 146 Å². The van der Waals surface area contributed by atoms with Gasteiger partial charge in [0.15, 0.2) is 0 Å². The van der Waals surface area contributed by atoms with Crippen molar-refractivity contribution in [1.29, 1.82) is 0 Å². The van der Waals surface area contributed by atoms with Gasteiger partial charge in [0.25, 0.3) is 0 Å². The Bertz CT molecular complexity index is 542. The lowest BCUT2D eigenvalue weighted by molar-refractivity contribution is -0.128. The molecule has 24 heavy (non-hydrogen) atoms. The molecule has 0 aromatic heterocycles. The molecule has 1 aromatic carbocycles. The van der Waals surface area contributed by atoms with E-state index in [1.807, 2.05) is 27.7 Å². The third kappa shape index (κ3) is 6.73. The van der Waals surface area contributed by atoms with E-state index >= 15 is 0 Å². The molecule has 0 aliphatic rings. The number of hydrogen-bond donors (Lipinski definition) is 2. The monoisotopic (exact) mass is 332 g/mol. The van der Waals surface area contributed by atoms with Gasteiger partial charge >= 0.3 is 0 Å². The molecule has 1 unspecified atom stereocenters. The molecule has 4 nitrogen and oxygen atoms in total. The van der Waals surface area contributed by atoms with Crippen LogP contribution in [0.25, 0.3) is 0 Å². The molecule has 0 saturated carbocycles. The lowest BCUT2D eigenvalue weighted by Crippen LogP contribution is -2.36. The topological polar surface area (TPSA) is 58.2 Å². The third-order valence-electron chi connectivity index (χ3n) is 4.03. The summed E-state index contributed by atoms with van der Waals surface area (Å²) in [5.74, 6) is 0.536. The van der Waals surface area contributed by atoms with Crippen molar-refractivity contribution in [2.45, 2.75) is 66.3 Å². The molecule has 1 aromatic rings. The molecular weight excluding hydrogens is 300 g/mol. The Hall–Kier alpha value is -1.84. The van der Waals surface area contributed by atoms with Crippen LogP contribution < -0.4 is 10.6 Å². The van der Waals surface area contributed by atoms with Crippen molar-refractivity contribution in [3.05, 3.63) is 35.4 Å². The van der Waals surface area contributed by atoms with Gasteiger partial charge in [-0.25, -0.2) is 0 Å². The van der Waals surface area contributed by atoms with Crippen molar-refractivity contribution >= 4 is 11.8 Å². The molecule has 2 N–H and O–H groups in total. The van der Waals surface area contributed by atoms with Gasteiger partial charge in [-0.2, -0.15) is 0 Å². The number of nitrogens with one attached hydrogen (secondary N) is 2. The molecule has 1 rings (SSSR count). The largest absolute Gasteiger partial charge is 0.356 e. The molecule has 0 heterocycles. The zero-order valence-electron chi connectivity index (χ0n) is 15.9. The Balaban J connectivity index is 2.35. The van der Waals surface area contributed by atoms with Crippen molar-refractivity contribution in [2.24, 2.45) is 5.41 Å². The average molecular weight is 332 g/mol. The van der Waals surface area contributed by atoms with Crippen LogP contribution >= 0.6 is 0 Å². The van der Waals surface area contributed by atoms with E-state index in [4.69, 9.17) is 0 Å². The minimum atomic E-state index is -0.390. The van der Waals surface area contributed by atoms with Crippen LogP contribution in [0.15, 0.2) is 24.3 Å². The Kier molecular flexibility index (Phi) is 7.46. The van der Waals surface area contributed by atoms with Crippen LogP contribution in [0, 0.1) is 5.41 Å². The highest BCUT2D eigenvalue weighted by atomic mass is 16.2. The van der Waals surface area contributed by atoms with Gasteiger partial charge < -0.3 is 10.6 Å². The Morgan fingerprint density at radius 3 is 2.04 bits per heavy atom. The summed E-state index contributed by atoms with van der Waals surface area (Å²) in [4.78, 5) is 23.8. The zero-order chi connectivity index (χ0) is 18.3. The first-order valence-corrected chi connectivity index (χ1v) is 8.78. The molecule has 0 aliphatic carbocycles. The maximum atomic E-state index is 12.0. The van der Waals surface area contributed by atoms with Crippen LogP contribution in [-0.4, -0.2) is 18.4 Å². The van der Waals surface area contributed by atoms with E-state index < -0.39 is 0 Å². The normalized spacial score (nSPS) is 12.8. The van der Waals surface area contributed by atoms with Crippen molar-refractivity contribution in [3.8, 4) is 0 Å². The summed E-state index contributed by atoms with van der Waals surface area (Å²) in [7, 11) is 0. The quantitative estimate of drug-likeness (QED) is 0.743. The second-order valence-corrected chi connectivity index (χ2v) is 7.72. The number of carbonyl (C=O) groups excluding carboxylic acids is 2. The van der Waals surface area contributed by atoms with E-state index in [0.717, 1.165) is 5.56 Å². The summed E-state index contributed by atoms with van der Waals surface area (Å²) < 4.78 is 0. The third-order valence-corrected chi connectivity index (χ3v) is 4.03. The molecule has 0 radical (unpaired) electrons. The van der Waals surface area contributed by atoms with Crippen molar-refractivity contribution in [3.63, 3.8) is 0 Å². The minimum absolute atomic E-state index is 0.0112. The van der Waals surface area contributed by atoms with Crippen LogP contribution in [0.3, 0.4) is 0 Å². The summed E-state index contributed by atoms with van der Waals surface area (Å²) in [6.45, 7) is 12.5. The zero-order valence-corrected chi connectivity index (χ0v) is 15.9. The van der Waals surface area contributed by atoms with Crippen LogP contribution in [0.1, 0.15) is 77.5 Å². The van der Waals surface area contributed by atoms with E-state index in [2.05, 4.69) is 48.7 Å². The fraction of sp³-hybridized carbons (Fsp3) is 0.600. The van der Waals surface area contributed by atoms with Crippen LogP contribution in [0.4, 0.5) is 0 Å². The van der Waals surface area contributed by atoms with Crippen molar-refractivity contribution < 1.29 is 9.59 Å². The average Bonchev–Trinajstić information content (AvgIpc) is 2.50. The summed E-state index contributed by atoms with van der Waals surface area (Å²) in [5, 5.41) is 5.87. The van der Waals surface area contributed by atoms with Crippen molar-refractivity contribution in [2.75, 3.05) is 6.54 Å². The molecule has 0 aliphatic heterocycles. The van der Waals surface area contributed by atoms with Gasteiger partial charge in [-0.1, -0.05) is 58.9 Å². The molecule has 0 saturated heterocycles. The maximum Gasteiger partial charge on any atom is 0.225 e. The second-order valence-electron chi connectivity index (χ2n) is 7.72. The van der Waals surface area contributed by atoms with E-state index in [-0.39, 0.29) is 23.3 Å². The highest BCUT2D eigenvalue weighted by molar-refractivity contribution is 5.81. The number of amides is 2. The highest BCUT2D eigenvalue weighted by Gasteiger charge is 2.20. The van der Waals surface area contributed by atoms with E-state index in [9.17, 15) is 9.59 Å². The lowest BCUT2D eigenvalue weighted by Gasteiger charge is -2.18. The fourth-order valence-electron chi connectivity index (χ4n) is 2.28. The lowest BCUT2D eigenvalue weighted by atomic mass is 9.96. The first-order chi connectivity index (χ1) is 11.1. The predicted octanol–water partition coefficient (Wildman–Crippen LogP) is 3.93. The van der Waals surface area contributed by atoms with Gasteiger partial charge in [0.1, 0.15) is 0 Å². The molecule has 2 amide bonds. The fourth-order valence-corrected chi connectivity index (χ4v) is 2.28. The number of rotatable bonds is 7. The van der Waals surface area contributed by atoms with Gasteiger partial charge in [-0.05, 0) is 30.4 Å². The van der Waals surface area contributed by atoms with Crippen LogP contribution in [-0.2, 0) is 9.59 Å². The smallest absolute Gasteiger partial charge is 0.225 e. The van der Waals surface area contributed by atoms with Gasteiger partial charge in [-0.3, -0.25) is 9.59 Å². The van der Waals surface area contributed by atoms with E-state index in [1.54, 1.807) is 0 Å². The van der Waals surface area contributed by atoms with Gasteiger partial charge in [0.2, 0.25) is 11.8 Å². The van der Waals surface area contributed by atoms with Gasteiger partial charge in [0, 0.05) is 18.4 Å². The van der Waals surface area contributed by atoms with Gasteiger partial charge in [0.05, 0.1) is 6.04 Å². The number of carbonyl (C=O) groups is 2. The number of benzene rings is 1. The Morgan fingerprint density at radius 2 is 1.54 bits per heavy atom. The maximum absolute atomic E-state index is 12.0. The highest BCUT2D eigenvalue weighted by Crippen LogP contribution is 2.18. The molecule has 0 bridgehead atoms. The molecule has 4 heteroatoms. The molecule has 1 atom stereocenters. The predicted molar refractivity (Wildman–Crippen MR) is 98.8 cm³/mol. The summed E-state index contributed by atoms with van der Waals surface area (Å²) in [5.41, 5.74) is 2.01. The van der Waals surface area contributed by atoms with Crippen LogP contribution in [0.2, 0.25) is 0 Å². The summed E-state index contributed by atoms with van der Waals surface area (Å²) >= 11 is 0. The SMILES string of the molecule is CC(C)c1ccc(C(C)NC(=O)CCCNC(=O)C(C)(C)C)cc1. The second kappa shape index (κ2) is 8.86. The first kappa shape index (κ1) is 20.2. The molecular formula is C20H32N2O2. The summed E-state index contributed by atoms with van der Waals surface area (Å²) in [6, 6.07) is 8.37. The molecule has 0 spiro atoms. The summed E-state index contributed by atoms with van der Waals surface area (Å²) in [6.07, 6.45) is 1.06. The van der Waals surface area contributed by atoms with Gasteiger partial charge in [-0.15, -0.1) is 0 Å². The van der Waals surface area contributed by atoms with Crippen molar-refractivity contribution in [1.82, 2.24) is 10.6 Å². The van der Waals surface area contributed by atoms with E-state index in [1.165, 1.54) is 5.56 Å².